The molecule has 0 atom stereocenters. The minimum absolute atomic E-state index is 0.784. The van der Waals surface area contributed by atoms with Gasteiger partial charge >= 0.3 is 0 Å². The molecular weight excluding hydrogens is 238 g/mol. The predicted molar refractivity (Wildman–Crippen MR) is 74.1 cm³/mol. The highest BCUT2D eigenvalue weighted by Gasteiger charge is 2.04. The minimum Gasteiger partial charge on any atom is -0.379 e. The summed E-state index contributed by atoms with van der Waals surface area (Å²) in [6.45, 7) is 0.784. The van der Waals surface area contributed by atoms with E-state index < -0.39 is 0 Å². The first-order chi connectivity index (χ1) is 9.33. The lowest BCUT2D eigenvalue weighted by Gasteiger charge is -2.10. The van der Waals surface area contributed by atoms with Crippen molar-refractivity contribution in [2.75, 3.05) is 5.32 Å². The lowest BCUT2D eigenvalue weighted by Crippen LogP contribution is -2.04. The number of para-hydroxylation sites is 2. The first kappa shape index (κ1) is 11.5. The lowest BCUT2D eigenvalue weighted by atomic mass is 10.2. The molecule has 0 aliphatic rings. The molecule has 3 aromatic rings. The van der Waals surface area contributed by atoms with E-state index in [9.17, 15) is 0 Å². The Bertz CT molecular complexity index is 654. The van der Waals surface area contributed by atoms with Crippen molar-refractivity contribution in [2.24, 2.45) is 7.05 Å². The van der Waals surface area contributed by atoms with E-state index in [0.717, 1.165) is 17.9 Å². The van der Waals surface area contributed by atoms with Crippen LogP contribution < -0.4 is 5.32 Å². The van der Waals surface area contributed by atoms with Gasteiger partial charge in [-0.3, -0.25) is 0 Å². The van der Waals surface area contributed by atoms with Crippen molar-refractivity contribution in [3.05, 3.63) is 60.7 Å². The van der Waals surface area contributed by atoms with Gasteiger partial charge in [0, 0.05) is 26.0 Å². The fraction of sp³-hybridized carbons (Fsp3) is 0.143. The largest absolute Gasteiger partial charge is 0.379 e. The summed E-state index contributed by atoms with van der Waals surface area (Å²) in [7, 11) is 2.02. The van der Waals surface area contributed by atoms with E-state index in [2.05, 4.69) is 27.9 Å². The van der Waals surface area contributed by atoms with E-state index in [1.807, 2.05) is 48.3 Å². The molecule has 19 heavy (non-hydrogen) atoms. The van der Waals surface area contributed by atoms with Crippen LogP contribution in [0.2, 0.25) is 0 Å². The molecule has 0 aliphatic heterocycles. The van der Waals surface area contributed by atoms with Gasteiger partial charge in [-0.05, 0) is 23.8 Å². The van der Waals surface area contributed by atoms with Gasteiger partial charge in [-0.25, -0.2) is 4.68 Å². The molecule has 5 nitrogen and oxygen atoms in total. The molecule has 0 amide bonds. The van der Waals surface area contributed by atoms with Gasteiger partial charge in [0.25, 0.3) is 0 Å². The van der Waals surface area contributed by atoms with Crippen LogP contribution in [-0.2, 0) is 13.6 Å². The number of aryl methyl sites for hydroxylation is 1. The Kier molecular flexibility index (Phi) is 3.02. The molecule has 0 aliphatic carbocycles. The molecule has 0 saturated carbocycles. The molecule has 1 aromatic carbocycles. The third kappa shape index (κ3) is 2.49. The highest BCUT2D eigenvalue weighted by atomic mass is 15.4. The molecule has 0 saturated heterocycles. The fourth-order valence-electron chi connectivity index (χ4n) is 2.02. The van der Waals surface area contributed by atoms with Crippen LogP contribution in [0.4, 0.5) is 5.69 Å². The van der Waals surface area contributed by atoms with Crippen molar-refractivity contribution in [3.63, 3.8) is 0 Å². The van der Waals surface area contributed by atoms with Crippen molar-refractivity contribution >= 4 is 5.69 Å². The maximum Gasteiger partial charge on any atom is 0.0894 e. The van der Waals surface area contributed by atoms with E-state index in [-0.39, 0.29) is 0 Å². The quantitative estimate of drug-likeness (QED) is 0.775. The van der Waals surface area contributed by atoms with Gasteiger partial charge in [-0.1, -0.05) is 17.3 Å². The van der Waals surface area contributed by atoms with E-state index in [1.165, 1.54) is 5.56 Å². The van der Waals surface area contributed by atoms with Gasteiger partial charge in [-0.15, -0.1) is 5.10 Å². The highest BCUT2D eigenvalue weighted by Crippen LogP contribution is 2.19. The number of nitrogens with one attached hydrogen (secondary N) is 1. The van der Waals surface area contributed by atoms with Crippen LogP contribution in [0.1, 0.15) is 5.56 Å². The SMILES string of the molecule is Cn1ccc(CNc2ccccc2-n2ccnn2)c1. The molecule has 0 fully saturated rings. The predicted octanol–water partition coefficient (Wildman–Crippen LogP) is 2.22. The Labute approximate surface area is 111 Å². The Morgan fingerprint density at radius 3 is 2.79 bits per heavy atom. The van der Waals surface area contributed by atoms with Crippen LogP contribution in [0.3, 0.4) is 0 Å². The van der Waals surface area contributed by atoms with Gasteiger partial charge in [0.1, 0.15) is 0 Å². The Hall–Kier alpha value is -2.56. The summed E-state index contributed by atoms with van der Waals surface area (Å²) in [6.07, 6.45) is 7.66. The summed E-state index contributed by atoms with van der Waals surface area (Å²) in [6, 6.07) is 10.2. The van der Waals surface area contributed by atoms with E-state index in [4.69, 9.17) is 0 Å². The summed E-state index contributed by atoms with van der Waals surface area (Å²) in [5, 5.41) is 11.3. The first-order valence-electron chi connectivity index (χ1n) is 6.13. The number of nitrogens with zero attached hydrogens (tertiary/aromatic N) is 4. The molecule has 3 rings (SSSR count). The molecule has 0 unspecified atom stereocenters. The molecule has 1 N–H and O–H groups in total. The molecule has 0 bridgehead atoms. The van der Waals surface area contributed by atoms with Gasteiger partial charge in [-0.2, -0.15) is 0 Å². The van der Waals surface area contributed by atoms with Crippen molar-refractivity contribution < 1.29 is 0 Å². The number of anilines is 1. The maximum absolute atomic E-state index is 4.03. The van der Waals surface area contributed by atoms with Crippen LogP contribution >= 0.6 is 0 Å². The number of rotatable bonds is 4. The summed E-state index contributed by atoms with van der Waals surface area (Å²) in [5.74, 6) is 0. The minimum atomic E-state index is 0.784. The zero-order valence-electron chi connectivity index (χ0n) is 10.7. The molecule has 2 aromatic heterocycles. The van der Waals surface area contributed by atoms with Crippen molar-refractivity contribution in [2.45, 2.75) is 6.54 Å². The normalized spacial score (nSPS) is 10.6. The van der Waals surface area contributed by atoms with Gasteiger partial charge in [0.05, 0.1) is 23.8 Å². The summed E-state index contributed by atoms with van der Waals surface area (Å²) < 4.78 is 3.80. The zero-order valence-corrected chi connectivity index (χ0v) is 10.7. The van der Waals surface area contributed by atoms with Crippen LogP contribution in [0.5, 0.6) is 0 Å². The van der Waals surface area contributed by atoms with Crippen molar-refractivity contribution in [1.29, 1.82) is 0 Å². The summed E-state index contributed by atoms with van der Waals surface area (Å²) in [4.78, 5) is 0. The maximum atomic E-state index is 4.03. The Morgan fingerprint density at radius 1 is 1.16 bits per heavy atom. The average Bonchev–Trinajstić information content (AvgIpc) is 3.08. The molecule has 2 heterocycles. The van der Waals surface area contributed by atoms with Crippen LogP contribution in [0, 0.1) is 0 Å². The summed E-state index contributed by atoms with van der Waals surface area (Å²) >= 11 is 0. The molecule has 96 valence electrons. The fourth-order valence-corrected chi connectivity index (χ4v) is 2.02. The number of aromatic nitrogens is 4. The third-order valence-corrected chi connectivity index (χ3v) is 2.95. The van der Waals surface area contributed by atoms with Crippen LogP contribution in [0.25, 0.3) is 5.69 Å². The number of hydrogen-bond acceptors (Lipinski definition) is 3. The average molecular weight is 253 g/mol. The summed E-state index contributed by atoms with van der Waals surface area (Å²) in [5.41, 5.74) is 3.28. The molecule has 5 heteroatoms. The molecule has 0 spiro atoms. The van der Waals surface area contributed by atoms with Gasteiger partial charge in [0.15, 0.2) is 0 Å². The third-order valence-electron chi connectivity index (χ3n) is 2.95. The van der Waals surface area contributed by atoms with Crippen molar-refractivity contribution in [3.8, 4) is 5.69 Å². The van der Waals surface area contributed by atoms with Crippen LogP contribution in [0.15, 0.2) is 55.1 Å². The van der Waals surface area contributed by atoms with E-state index in [0.29, 0.717) is 0 Å². The van der Waals surface area contributed by atoms with E-state index in [1.54, 1.807) is 10.9 Å². The van der Waals surface area contributed by atoms with Gasteiger partial charge < -0.3 is 9.88 Å². The number of hydrogen-bond donors (Lipinski definition) is 1. The first-order valence-corrected chi connectivity index (χ1v) is 6.13. The smallest absolute Gasteiger partial charge is 0.0894 e. The topological polar surface area (TPSA) is 47.7 Å². The Balaban J connectivity index is 1.81. The van der Waals surface area contributed by atoms with Gasteiger partial charge in [0.2, 0.25) is 0 Å². The second-order valence-electron chi connectivity index (χ2n) is 4.40. The second kappa shape index (κ2) is 4.97. The molecular formula is C14H15N5. The second-order valence-corrected chi connectivity index (χ2v) is 4.40. The number of benzene rings is 1. The standard InChI is InChI=1S/C14H15N5/c1-18-8-6-12(11-18)10-15-13-4-2-3-5-14(13)19-9-7-16-17-19/h2-9,11,15H,10H2,1H3. The van der Waals surface area contributed by atoms with E-state index >= 15 is 0 Å². The lowest BCUT2D eigenvalue weighted by molar-refractivity contribution is 0.803. The monoisotopic (exact) mass is 253 g/mol. The Morgan fingerprint density at radius 2 is 2.05 bits per heavy atom. The zero-order chi connectivity index (χ0) is 13.1. The highest BCUT2D eigenvalue weighted by molar-refractivity contribution is 5.60. The molecule has 0 radical (unpaired) electrons. The van der Waals surface area contributed by atoms with Crippen LogP contribution in [-0.4, -0.2) is 19.6 Å². The van der Waals surface area contributed by atoms with Crippen molar-refractivity contribution in [1.82, 2.24) is 19.6 Å².